The van der Waals surface area contributed by atoms with E-state index in [0.29, 0.717) is 12.5 Å². The molecule has 0 aromatic heterocycles. The van der Waals surface area contributed by atoms with Crippen molar-refractivity contribution >= 4 is 6.09 Å². The minimum Gasteiger partial charge on any atom is -0.444 e. The third kappa shape index (κ3) is 2.41. The third-order valence-corrected chi connectivity index (χ3v) is 2.61. The van der Waals surface area contributed by atoms with Crippen molar-refractivity contribution in [2.24, 2.45) is 5.92 Å². The lowest BCUT2D eigenvalue weighted by Gasteiger charge is -2.24. The Morgan fingerprint density at radius 3 is 2.80 bits per heavy atom. The number of carbonyl (C=O) groups is 1. The fourth-order valence-corrected chi connectivity index (χ4v) is 1.91. The van der Waals surface area contributed by atoms with Crippen molar-refractivity contribution in [2.75, 3.05) is 19.6 Å². The monoisotopic (exact) mass is 214 g/mol. The van der Waals surface area contributed by atoms with Gasteiger partial charge in [0, 0.05) is 19.0 Å². The Balaban J connectivity index is 1.88. The summed E-state index contributed by atoms with van der Waals surface area (Å²) >= 11 is 0. The zero-order chi connectivity index (χ0) is 11.1. The molecule has 0 aromatic rings. The predicted molar refractivity (Wildman–Crippen MR) is 54.2 cm³/mol. The summed E-state index contributed by atoms with van der Waals surface area (Å²) in [7, 11) is 0. The molecular weight excluding hydrogens is 196 g/mol. The number of hydrogen-bond acceptors (Lipinski definition) is 4. The van der Waals surface area contributed by atoms with Gasteiger partial charge in [-0.15, -0.1) is 0 Å². The zero-order valence-electron chi connectivity index (χ0n) is 9.45. The maximum atomic E-state index is 11.7. The van der Waals surface area contributed by atoms with Gasteiger partial charge in [-0.05, 0) is 20.8 Å². The van der Waals surface area contributed by atoms with Gasteiger partial charge in [-0.1, -0.05) is 0 Å². The summed E-state index contributed by atoms with van der Waals surface area (Å²) in [6.45, 7) is 7.81. The smallest absolute Gasteiger partial charge is 0.410 e. The van der Waals surface area contributed by atoms with Gasteiger partial charge in [0.2, 0.25) is 0 Å². The molecule has 1 N–H and O–H groups in total. The van der Waals surface area contributed by atoms with E-state index in [-0.39, 0.29) is 12.2 Å². The number of ether oxygens (including phenoxy) is 1. The van der Waals surface area contributed by atoms with E-state index in [0.717, 1.165) is 13.1 Å². The highest BCUT2D eigenvalue weighted by Crippen LogP contribution is 2.24. The Bertz CT molecular complexity index is 250. The van der Waals surface area contributed by atoms with E-state index in [4.69, 9.17) is 9.57 Å². The molecule has 2 saturated heterocycles. The van der Waals surface area contributed by atoms with Crippen LogP contribution in [0.3, 0.4) is 0 Å². The molecule has 15 heavy (non-hydrogen) atoms. The summed E-state index contributed by atoms with van der Waals surface area (Å²) in [5, 5.41) is 0. The maximum Gasteiger partial charge on any atom is 0.410 e. The van der Waals surface area contributed by atoms with Crippen LogP contribution < -0.4 is 5.48 Å². The average molecular weight is 214 g/mol. The van der Waals surface area contributed by atoms with Crippen molar-refractivity contribution in [2.45, 2.75) is 32.5 Å². The summed E-state index contributed by atoms with van der Waals surface area (Å²) in [5.41, 5.74) is 2.43. The van der Waals surface area contributed by atoms with Gasteiger partial charge in [0.15, 0.2) is 0 Å². The van der Waals surface area contributed by atoms with Crippen molar-refractivity contribution in [1.29, 1.82) is 0 Å². The predicted octanol–water partition coefficient (Wildman–Crippen LogP) is 0.757. The fourth-order valence-electron chi connectivity index (χ4n) is 1.91. The second kappa shape index (κ2) is 3.64. The van der Waals surface area contributed by atoms with Crippen LogP contribution >= 0.6 is 0 Å². The molecule has 0 bridgehead atoms. The number of likely N-dealkylation sites (tertiary alicyclic amines) is 1. The molecule has 2 heterocycles. The van der Waals surface area contributed by atoms with E-state index in [1.807, 2.05) is 20.8 Å². The second-order valence-corrected chi connectivity index (χ2v) is 5.15. The van der Waals surface area contributed by atoms with Gasteiger partial charge in [0.25, 0.3) is 0 Å². The van der Waals surface area contributed by atoms with Crippen LogP contribution in [-0.2, 0) is 9.57 Å². The molecule has 2 rings (SSSR count). The lowest BCUT2D eigenvalue weighted by atomic mass is 10.1. The summed E-state index contributed by atoms with van der Waals surface area (Å²) in [5.74, 6) is 0.414. The molecule has 2 aliphatic heterocycles. The Kier molecular flexibility index (Phi) is 2.60. The molecule has 5 nitrogen and oxygen atoms in total. The first kappa shape index (κ1) is 10.7. The van der Waals surface area contributed by atoms with Gasteiger partial charge in [-0.3, -0.25) is 4.84 Å². The molecule has 2 aliphatic rings. The first-order valence-electron chi connectivity index (χ1n) is 5.32. The number of rotatable bonds is 0. The molecule has 5 heteroatoms. The molecule has 0 aromatic carbocycles. The lowest BCUT2D eigenvalue weighted by molar-refractivity contribution is 0.00935. The molecule has 2 fully saturated rings. The SMILES string of the molecule is CC(C)(C)OC(=O)N1C[C@@H]2CNO[C@@H]2C1. The quantitative estimate of drug-likeness (QED) is 0.646. The molecule has 0 unspecified atom stereocenters. The van der Waals surface area contributed by atoms with Crippen molar-refractivity contribution in [3.63, 3.8) is 0 Å². The van der Waals surface area contributed by atoms with Crippen LogP contribution in [0.15, 0.2) is 0 Å². The van der Waals surface area contributed by atoms with Crippen LogP contribution in [0.4, 0.5) is 4.79 Å². The highest BCUT2D eigenvalue weighted by atomic mass is 16.7. The number of fused-ring (bicyclic) bond motifs is 1. The molecule has 1 amide bonds. The summed E-state index contributed by atoms with van der Waals surface area (Å²) < 4.78 is 5.30. The standard InChI is InChI=1S/C10H18N2O3/c1-10(2,3)14-9(13)12-5-7-4-11-15-8(7)6-12/h7-8,11H,4-6H2,1-3H3/t7-,8+/m0/s1. The van der Waals surface area contributed by atoms with Crippen molar-refractivity contribution in [3.05, 3.63) is 0 Å². The Morgan fingerprint density at radius 2 is 2.20 bits per heavy atom. The van der Waals surface area contributed by atoms with E-state index in [1.54, 1.807) is 4.90 Å². The second-order valence-electron chi connectivity index (χ2n) is 5.15. The average Bonchev–Trinajstić information content (AvgIpc) is 2.56. The molecule has 0 spiro atoms. The normalized spacial score (nSPS) is 30.5. The number of amides is 1. The molecule has 0 radical (unpaired) electrons. The van der Waals surface area contributed by atoms with Crippen molar-refractivity contribution < 1.29 is 14.4 Å². The highest BCUT2D eigenvalue weighted by Gasteiger charge is 2.40. The van der Waals surface area contributed by atoms with Crippen LogP contribution in [0, 0.1) is 5.92 Å². The van der Waals surface area contributed by atoms with E-state index >= 15 is 0 Å². The molecule has 0 saturated carbocycles. The summed E-state index contributed by atoms with van der Waals surface area (Å²) in [6, 6.07) is 0. The van der Waals surface area contributed by atoms with Gasteiger partial charge in [0.05, 0.1) is 6.54 Å². The number of hydroxylamine groups is 1. The van der Waals surface area contributed by atoms with Crippen LogP contribution in [0.5, 0.6) is 0 Å². The van der Waals surface area contributed by atoms with Gasteiger partial charge < -0.3 is 9.64 Å². The first-order chi connectivity index (χ1) is 6.96. The third-order valence-electron chi connectivity index (χ3n) is 2.61. The number of hydrogen-bond donors (Lipinski definition) is 1. The Labute approximate surface area is 89.7 Å². The fraction of sp³-hybridized carbons (Fsp3) is 0.900. The number of nitrogens with zero attached hydrogens (tertiary/aromatic N) is 1. The van der Waals surface area contributed by atoms with Crippen LogP contribution in [0.2, 0.25) is 0 Å². The minimum absolute atomic E-state index is 0.137. The van der Waals surface area contributed by atoms with Crippen molar-refractivity contribution in [3.8, 4) is 0 Å². The summed E-state index contributed by atoms with van der Waals surface area (Å²) in [6.07, 6.45) is -0.0991. The molecule has 86 valence electrons. The van der Waals surface area contributed by atoms with Crippen LogP contribution in [-0.4, -0.2) is 42.3 Å². The van der Waals surface area contributed by atoms with E-state index in [9.17, 15) is 4.79 Å². The Hall–Kier alpha value is -0.810. The molecular formula is C10H18N2O3. The molecule has 0 aliphatic carbocycles. The first-order valence-corrected chi connectivity index (χ1v) is 5.32. The van der Waals surface area contributed by atoms with Gasteiger partial charge >= 0.3 is 6.09 Å². The van der Waals surface area contributed by atoms with E-state index in [2.05, 4.69) is 5.48 Å². The Morgan fingerprint density at radius 1 is 1.47 bits per heavy atom. The number of carbonyl (C=O) groups excluding carboxylic acids is 1. The number of nitrogens with one attached hydrogen (secondary N) is 1. The van der Waals surface area contributed by atoms with Crippen LogP contribution in [0.25, 0.3) is 0 Å². The van der Waals surface area contributed by atoms with Gasteiger partial charge in [-0.2, -0.15) is 0 Å². The van der Waals surface area contributed by atoms with E-state index < -0.39 is 5.60 Å². The highest BCUT2D eigenvalue weighted by molar-refractivity contribution is 5.68. The minimum atomic E-state index is -0.423. The van der Waals surface area contributed by atoms with Gasteiger partial charge in [0.1, 0.15) is 11.7 Å². The summed E-state index contributed by atoms with van der Waals surface area (Å²) in [4.78, 5) is 18.7. The van der Waals surface area contributed by atoms with E-state index in [1.165, 1.54) is 0 Å². The largest absolute Gasteiger partial charge is 0.444 e. The van der Waals surface area contributed by atoms with Crippen LogP contribution in [0.1, 0.15) is 20.8 Å². The zero-order valence-corrected chi connectivity index (χ0v) is 9.45. The van der Waals surface area contributed by atoms with Crippen molar-refractivity contribution in [1.82, 2.24) is 10.4 Å². The molecule has 2 atom stereocenters. The van der Waals surface area contributed by atoms with Gasteiger partial charge in [-0.25, -0.2) is 10.3 Å². The topological polar surface area (TPSA) is 50.8 Å². The maximum absolute atomic E-state index is 11.7. The lowest BCUT2D eigenvalue weighted by Crippen LogP contribution is -2.37.